The highest BCUT2D eigenvalue weighted by Gasteiger charge is 2.26. The molecule has 1 unspecified atom stereocenters. The van der Waals surface area contributed by atoms with Gasteiger partial charge in [-0.05, 0) is 80.4 Å². The highest BCUT2D eigenvalue weighted by atomic mass is 32.2. The molecule has 282 valence electrons. The summed E-state index contributed by atoms with van der Waals surface area (Å²) in [4.78, 5) is 40.4. The molecular formula is C40H45N6O6PS. The van der Waals surface area contributed by atoms with Crippen LogP contribution in [0.5, 0.6) is 0 Å². The molecule has 1 aliphatic heterocycles. The maximum Gasteiger partial charge on any atom is 0.338 e. The summed E-state index contributed by atoms with van der Waals surface area (Å²) in [6.45, 7) is 10.1. The van der Waals surface area contributed by atoms with Gasteiger partial charge in [0.1, 0.15) is 0 Å². The topological polar surface area (TPSA) is 148 Å². The van der Waals surface area contributed by atoms with Gasteiger partial charge < -0.3 is 29.5 Å². The molecule has 1 fully saturated rings. The minimum atomic E-state index is -2.11. The van der Waals surface area contributed by atoms with Gasteiger partial charge in [-0.15, -0.1) is 11.8 Å². The van der Waals surface area contributed by atoms with E-state index in [4.69, 9.17) is 0 Å². The number of aromatic nitrogens is 1. The molecule has 5 aromatic rings. The van der Waals surface area contributed by atoms with Gasteiger partial charge in [0.05, 0.1) is 28.0 Å². The van der Waals surface area contributed by atoms with E-state index in [1.165, 1.54) is 18.2 Å². The molecule has 0 spiro atoms. The van der Waals surface area contributed by atoms with Crippen LogP contribution in [0.4, 0.5) is 28.4 Å². The molecule has 14 heteroatoms. The molecule has 1 aliphatic rings. The van der Waals surface area contributed by atoms with Gasteiger partial charge in [-0.3, -0.25) is 20.4 Å². The van der Waals surface area contributed by atoms with Gasteiger partial charge in [-0.1, -0.05) is 37.3 Å². The zero-order valence-electron chi connectivity index (χ0n) is 30.6. The lowest BCUT2D eigenvalue weighted by Crippen LogP contribution is -2.46. The SMILES string of the molecule is CCc1c(-c2cccc(N3CCN(c4ccc(NP(O)c5cc([N+](=O)[O-])ccc5N(O)CCSc5ccccc5)cc4)CC3)c2)c(C(=O)O)c(C)n1CC. The summed E-state index contributed by atoms with van der Waals surface area (Å²) in [6.07, 6.45) is 0.737. The van der Waals surface area contributed by atoms with Crippen LogP contribution in [0.2, 0.25) is 0 Å². The molecule has 4 aromatic carbocycles. The number of nitrogens with one attached hydrogen (secondary N) is 1. The van der Waals surface area contributed by atoms with Gasteiger partial charge >= 0.3 is 5.97 Å². The molecule has 0 bridgehead atoms. The van der Waals surface area contributed by atoms with Crippen molar-refractivity contribution in [3.05, 3.63) is 124 Å². The number of hydrogen-bond acceptors (Lipinski definition) is 10. The fourth-order valence-electron chi connectivity index (χ4n) is 7.08. The van der Waals surface area contributed by atoms with Crippen molar-refractivity contribution in [2.75, 3.05) is 58.4 Å². The number of hydrogen-bond donors (Lipinski definition) is 4. The Bertz CT molecular complexity index is 2090. The van der Waals surface area contributed by atoms with E-state index >= 15 is 0 Å². The molecule has 6 rings (SSSR count). The number of non-ortho nitro benzene ring substituents is 1. The second-order valence-corrected chi connectivity index (χ2v) is 15.4. The van der Waals surface area contributed by atoms with Crippen LogP contribution >= 0.6 is 20.1 Å². The number of nitro benzene ring substituents is 1. The number of hydroxylamine groups is 1. The number of thioether (sulfide) groups is 1. The van der Waals surface area contributed by atoms with Crippen molar-refractivity contribution in [1.82, 2.24) is 4.57 Å². The van der Waals surface area contributed by atoms with Crippen molar-refractivity contribution in [2.45, 2.75) is 38.6 Å². The van der Waals surface area contributed by atoms with E-state index in [9.17, 15) is 30.1 Å². The number of aromatic carboxylic acids is 1. The Morgan fingerprint density at radius 3 is 2.24 bits per heavy atom. The first-order chi connectivity index (χ1) is 26.1. The molecule has 1 atom stereocenters. The van der Waals surface area contributed by atoms with Gasteiger partial charge in [-0.25, -0.2) is 4.79 Å². The molecule has 1 aromatic heterocycles. The Labute approximate surface area is 320 Å². The van der Waals surface area contributed by atoms with Crippen molar-refractivity contribution in [3.8, 4) is 11.1 Å². The maximum atomic E-state index is 12.4. The molecule has 0 radical (unpaired) electrons. The summed E-state index contributed by atoms with van der Waals surface area (Å²) in [5.41, 5.74) is 6.76. The number of nitro groups is 1. The lowest BCUT2D eigenvalue weighted by atomic mass is 9.98. The van der Waals surface area contributed by atoms with Crippen LogP contribution in [-0.4, -0.2) is 69.1 Å². The summed E-state index contributed by atoms with van der Waals surface area (Å²) in [7, 11) is -2.11. The van der Waals surface area contributed by atoms with Crippen LogP contribution < -0.4 is 25.3 Å². The highest BCUT2D eigenvalue weighted by Crippen LogP contribution is 2.38. The van der Waals surface area contributed by atoms with Gasteiger partial charge in [-0.2, -0.15) is 0 Å². The van der Waals surface area contributed by atoms with Crippen LogP contribution in [0.25, 0.3) is 11.1 Å². The first-order valence-corrected chi connectivity index (χ1v) is 20.2. The van der Waals surface area contributed by atoms with Crippen molar-refractivity contribution < 1.29 is 24.9 Å². The molecule has 1 saturated heterocycles. The predicted octanol–water partition coefficient (Wildman–Crippen LogP) is 8.01. The number of carboxylic acid groups (broad SMARTS) is 1. The molecule has 0 aliphatic carbocycles. The standard InChI is InChI=1S/C40H45N6O6PS/c1-4-35-39(38(40(47)48)28(3)44(35)5-2)29-10-9-11-32(26-29)43-22-20-42(21-23-43)31-16-14-30(15-17-31)41-53(52)37-27-33(46(50)51)18-19-36(37)45(49)24-25-54-34-12-7-6-8-13-34/h6-19,26-27,41,49,52H,4-5,20-25H2,1-3H3,(H,47,48). The van der Waals surface area contributed by atoms with Gasteiger partial charge in [0, 0.05) is 89.5 Å². The Morgan fingerprint density at radius 2 is 1.61 bits per heavy atom. The highest BCUT2D eigenvalue weighted by molar-refractivity contribution is 7.99. The van der Waals surface area contributed by atoms with Crippen molar-refractivity contribution in [1.29, 1.82) is 0 Å². The lowest BCUT2D eigenvalue weighted by molar-refractivity contribution is -0.384. The minimum Gasteiger partial charge on any atom is -0.478 e. The lowest BCUT2D eigenvalue weighted by Gasteiger charge is -2.37. The third-order valence-electron chi connectivity index (χ3n) is 9.73. The fourth-order valence-corrected chi connectivity index (χ4v) is 9.10. The normalized spacial score (nSPS) is 13.5. The summed E-state index contributed by atoms with van der Waals surface area (Å²) in [6, 6.07) is 29.8. The van der Waals surface area contributed by atoms with Crippen molar-refractivity contribution >= 4 is 59.8 Å². The van der Waals surface area contributed by atoms with E-state index in [0.29, 0.717) is 29.2 Å². The smallest absolute Gasteiger partial charge is 0.338 e. The van der Waals surface area contributed by atoms with E-state index in [-0.39, 0.29) is 17.5 Å². The Morgan fingerprint density at radius 1 is 0.926 bits per heavy atom. The average molecular weight is 769 g/mol. The first-order valence-electron chi connectivity index (χ1n) is 17.9. The van der Waals surface area contributed by atoms with E-state index in [1.54, 1.807) is 11.8 Å². The van der Waals surface area contributed by atoms with Gasteiger partial charge in [0.15, 0.2) is 8.30 Å². The minimum absolute atomic E-state index is 0.174. The summed E-state index contributed by atoms with van der Waals surface area (Å²) < 4.78 is 2.11. The summed E-state index contributed by atoms with van der Waals surface area (Å²) >= 11 is 1.58. The summed E-state index contributed by atoms with van der Waals surface area (Å²) in [5, 5.41) is 37.0. The summed E-state index contributed by atoms with van der Waals surface area (Å²) in [5.74, 6) is -0.341. The number of rotatable bonds is 15. The van der Waals surface area contributed by atoms with Crippen LogP contribution in [0.1, 0.15) is 35.6 Å². The third-order valence-corrected chi connectivity index (χ3v) is 12.0. The molecule has 4 N–H and O–H groups in total. The zero-order valence-corrected chi connectivity index (χ0v) is 32.3. The Kier molecular flexibility index (Phi) is 12.4. The van der Waals surface area contributed by atoms with Crippen LogP contribution in [-0.2, 0) is 13.0 Å². The number of piperazine rings is 1. The number of anilines is 4. The molecule has 54 heavy (non-hydrogen) atoms. The number of carbonyl (C=O) groups is 1. The second kappa shape index (κ2) is 17.4. The van der Waals surface area contributed by atoms with Crippen LogP contribution in [0.15, 0.2) is 102 Å². The van der Waals surface area contributed by atoms with Crippen molar-refractivity contribution in [2.24, 2.45) is 0 Å². The quantitative estimate of drug-likeness (QED) is 0.0356. The number of nitrogens with zero attached hydrogens (tertiary/aromatic N) is 5. The molecule has 0 amide bonds. The molecule has 0 saturated carbocycles. The van der Waals surface area contributed by atoms with Gasteiger partial charge in [0.2, 0.25) is 0 Å². The molecule has 2 heterocycles. The molecule has 12 nitrogen and oxygen atoms in total. The van der Waals surface area contributed by atoms with E-state index in [2.05, 4.69) is 38.5 Å². The van der Waals surface area contributed by atoms with E-state index in [0.717, 1.165) is 76.4 Å². The van der Waals surface area contributed by atoms with Crippen molar-refractivity contribution in [3.63, 3.8) is 0 Å². The maximum absolute atomic E-state index is 12.4. The number of benzene rings is 4. The average Bonchev–Trinajstić information content (AvgIpc) is 3.49. The molecular weight excluding hydrogens is 724 g/mol. The fraction of sp³-hybridized carbons (Fsp3) is 0.275. The Balaban J connectivity index is 1.10. The zero-order chi connectivity index (χ0) is 38.4. The third kappa shape index (κ3) is 8.50. The first kappa shape index (κ1) is 38.6. The second-order valence-electron chi connectivity index (χ2n) is 12.9. The van der Waals surface area contributed by atoms with E-state index < -0.39 is 19.2 Å². The Hall–Kier alpha value is -5.07. The van der Waals surface area contributed by atoms with E-state index in [1.807, 2.05) is 80.6 Å². The largest absolute Gasteiger partial charge is 0.478 e. The van der Waals surface area contributed by atoms with Crippen LogP contribution in [0.3, 0.4) is 0 Å². The number of carboxylic acids is 1. The monoisotopic (exact) mass is 768 g/mol. The van der Waals surface area contributed by atoms with Gasteiger partial charge in [0.25, 0.3) is 5.69 Å². The van der Waals surface area contributed by atoms with Crippen LogP contribution in [0, 0.1) is 17.0 Å². The predicted molar refractivity (Wildman–Crippen MR) is 219 cm³/mol.